The summed E-state index contributed by atoms with van der Waals surface area (Å²) < 4.78 is 64.0. The lowest BCUT2D eigenvalue weighted by atomic mass is 9.91. The van der Waals surface area contributed by atoms with E-state index in [4.69, 9.17) is 11.2 Å². The number of nitrogens with zero attached hydrogens (tertiary/aromatic N) is 4. The number of hydrogen-bond acceptors (Lipinski definition) is 6. The third-order valence-electron chi connectivity index (χ3n) is 8.16. The zero-order chi connectivity index (χ0) is 28.8. The first-order valence-electron chi connectivity index (χ1n) is 13.6. The number of phenols is 1. The van der Waals surface area contributed by atoms with Gasteiger partial charge in [0.05, 0.1) is 23.9 Å². The van der Waals surface area contributed by atoms with Gasteiger partial charge in [0.25, 0.3) is 0 Å². The number of phenolic OH excluding ortho intramolecular Hbond substituents is 1. The Labute approximate surface area is 234 Å². The Hall–Kier alpha value is -4.10. The van der Waals surface area contributed by atoms with Gasteiger partial charge in [-0.2, -0.15) is 4.98 Å². The highest BCUT2D eigenvalue weighted by Crippen LogP contribution is 2.44. The Morgan fingerprint density at radius 1 is 1.10 bits per heavy atom. The van der Waals surface area contributed by atoms with Crippen molar-refractivity contribution in [3.63, 3.8) is 0 Å². The monoisotopic (exact) mass is 564 g/mol. The number of halogens is 4. The predicted octanol–water partition coefficient (Wildman–Crippen LogP) is 5.97. The Morgan fingerprint density at radius 3 is 2.59 bits per heavy atom. The van der Waals surface area contributed by atoms with Gasteiger partial charge in [0.2, 0.25) is 0 Å². The maximum absolute atomic E-state index is 16.0. The third kappa shape index (κ3) is 4.68. The first-order chi connectivity index (χ1) is 19.8. The number of aromatic hydroxyl groups is 1. The second-order valence-corrected chi connectivity index (χ2v) is 10.6. The molecule has 10 heteroatoms. The average Bonchev–Trinajstić information content (AvgIpc) is 3.51. The van der Waals surface area contributed by atoms with Crippen LogP contribution < -0.4 is 9.64 Å². The lowest BCUT2D eigenvalue weighted by Gasteiger charge is -2.34. The van der Waals surface area contributed by atoms with E-state index in [0.29, 0.717) is 31.1 Å². The molecule has 2 atom stereocenters. The molecule has 3 aromatic carbocycles. The van der Waals surface area contributed by atoms with Crippen molar-refractivity contribution in [2.24, 2.45) is 0 Å². The summed E-state index contributed by atoms with van der Waals surface area (Å²) in [6.07, 6.45) is 10.5. The van der Waals surface area contributed by atoms with E-state index < -0.39 is 29.2 Å². The van der Waals surface area contributed by atoms with Crippen molar-refractivity contribution in [1.29, 1.82) is 0 Å². The summed E-state index contributed by atoms with van der Waals surface area (Å²) in [6, 6.07) is 5.61. The van der Waals surface area contributed by atoms with Crippen molar-refractivity contribution in [2.45, 2.75) is 37.9 Å². The minimum Gasteiger partial charge on any atom is -0.508 e. The number of aromatic nitrogens is 2. The van der Waals surface area contributed by atoms with Gasteiger partial charge in [-0.3, -0.25) is 4.90 Å². The van der Waals surface area contributed by atoms with Crippen LogP contribution in [0, 0.1) is 29.8 Å². The smallest absolute Gasteiger partial charge is 0.316 e. The molecule has 1 aromatic heterocycles. The number of hydrogen-bond donors (Lipinski definition) is 1. The minimum absolute atomic E-state index is 0.0660. The van der Waals surface area contributed by atoms with Gasteiger partial charge in [-0.1, -0.05) is 12.0 Å². The van der Waals surface area contributed by atoms with Crippen LogP contribution in [0.15, 0.2) is 30.5 Å². The zero-order valence-corrected chi connectivity index (χ0v) is 22.4. The van der Waals surface area contributed by atoms with Crippen molar-refractivity contribution >= 4 is 27.4 Å². The van der Waals surface area contributed by atoms with E-state index in [1.54, 1.807) is 4.90 Å². The lowest BCUT2D eigenvalue weighted by molar-refractivity contribution is 0.292. The fourth-order valence-electron chi connectivity index (χ4n) is 6.13. The molecule has 3 aliphatic rings. The molecule has 0 saturated carbocycles. The summed E-state index contributed by atoms with van der Waals surface area (Å²) in [5.41, 5.74) is -0.681. The standard InChI is InChI=1S/C24H16F3N3O2.C7H12FN/c1-3-14-17(25)6-5-12-9-13(31)10-15(18(12)14)19-20(26)22-16(11-28-24(29-22)32-2)23(21(19)27)30-7-4-8-30;8-6-4-7-2-1-3-9(7)5-6/h1,5-6,9-11,31H,4,7-8H2,2H3;6-7H,1-5H2. The van der Waals surface area contributed by atoms with Gasteiger partial charge >= 0.3 is 6.01 Å². The first-order valence-corrected chi connectivity index (χ1v) is 13.6. The second-order valence-electron chi connectivity index (χ2n) is 10.6. The molecule has 4 heterocycles. The number of terminal acetylenes is 1. The highest BCUT2D eigenvalue weighted by Gasteiger charge is 2.35. The molecular weight excluding hydrogens is 536 g/mol. The van der Waals surface area contributed by atoms with Gasteiger partial charge in [0.15, 0.2) is 11.6 Å². The molecule has 0 radical (unpaired) electrons. The van der Waals surface area contributed by atoms with Crippen molar-refractivity contribution < 1.29 is 27.4 Å². The zero-order valence-electron chi connectivity index (χ0n) is 22.4. The van der Waals surface area contributed by atoms with E-state index in [2.05, 4.69) is 20.8 Å². The van der Waals surface area contributed by atoms with Crippen LogP contribution in [0.25, 0.3) is 32.8 Å². The molecule has 7 rings (SSSR count). The lowest BCUT2D eigenvalue weighted by Crippen LogP contribution is -2.38. The maximum Gasteiger partial charge on any atom is 0.316 e. The quantitative estimate of drug-likeness (QED) is 0.245. The molecule has 0 amide bonds. The fraction of sp³-hybridized carbons (Fsp3) is 0.355. The summed E-state index contributed by atoms with van der Waals surface area (Å²) in [4.78, 5) is 12.1. The molecule has 3 saturated heterocycles. The van der Waals surface area contributed by atoms with E-state index in [1.807, 2.05) is 0 Å². The number of methoxy groups -OCH3 is 1. The van der Waals surface area contributed by atoms with Crippen LogP contribution in [0.3, 0.4) is 0 Å². The highest BCUT2D eigenvalue weighted by molar-refractivity contribution is 6.05. The van der Waals surface area contributed by atoms with Gasteiger partial charge in [-0.05, 0) is 55.8 Å². The topological polar surface area (TPSA) is 61.7 Å². The SMILES string of the molecule is C#Cc1c(F)ccc2cc(O)cc(-c3c(F)c(N4CCC4)c4cnc(OC)nc4c3F)c12.FC1CC2CCCN2C1. The highest BCUT2D eigenvalue weighted by atomic mass is 19.1. The van der Waals surface area contributed by atoms with Gasteiger partial charge in [-0.15, -0.1) is 6.42 Å². The summed E-state index contributed by atoms with van der Waals surface area (Å²) in [5, 5.41) is 10.9. The normalized spacial score (nSPS) is 20.0. The van der Waals surface area contributed by atoms with Crippen molar-refractivity contribution in [3.05, 3.63) is 53.5 Å². The number of rotatable bonds is 3. The number of fused-ring (bicyclic) bond motifs is 3. The van der Waals surface area contributed by atoms with E-state index >= 15 is 8.78 Å². The Balaban J connectivity index is 0.000000283. The Kier molecular flexibility index (Phi) is 7.08. The van der Waals surface area contributed by atoms with Gasteiger partial charge < -0.3 is 14.7 Å². The molecule has 2 unspecified atom stereocenters. The number of alkyl halides is 1. The molecule has 3 aliphatic heterocycles. The molecule has 3 fully saturated rings. The average molecular weight is 565 g/mol. The molecular formula is C31H28F4N4O2. The van der Waals surface area contributed by atoms with Gasteiger partial charge in [0.1, 0.15) is 23.3 Å². The van der Waals surface area contributed by atoms with Crippen LogP contribution >= 0.6 is 0 Å². The molecule has 212 valence electrons. The van der Waals surface area contributed by atoms with E-state index in [-0.39, 0.29) is 44.9 Å². The second kappa shape index (κ2) is 10.7. The summed E-state index contributed by atoms with van der Waals surface area (Å²) in [7, 11) is 1.34. The Morgan fingerprint density at radius 2 is 1.90 bits per heavy atom. The third-order valence-corrected chi connectivity index (χ3v) is 8.16. The molecule has 41 heavy (non-hydrogen) atoms. The van der Waals surface area contributed by atoms with Gasteiger partial charge in [0, 0.05) is 48.2 Å². The van der Waals surface area contributed by atoms with E-state index in [9.17, 15) is 13.9 Å². The van der Waals surface area contributed by atoms with Gasteiger partial charge in [-0.25, -0.2) is 22.5 Å². The maximum atomic E-state index is 16.0. The van der Waals surface area contributed by atoms with Crippen LogP contribution in [-0.2, 0) is 0 Å². The molecule has 0 spiro atoms. The first kappa shape index (κ1) is 27.1. The molecule has 1 N–H and O–H groups in total. The number of anilines is 1. The van der Waals surface area contributed by atoms with Crippen molar-refractivity contribution in [3.8, 4) is 35.2 Å². The van der Waals surface area contributed by atoms with Crippen LogP contribution in [0.1, 0.15) is 31.2 Å². The molecule has 0 aliphatic carbocycles. The van der Waals surface area contributed by atoms with Crippen LogP contribution in [0.5, 0.6) is 11.8 Å². The van der Waals surface area contributed by atoms with Crippen LogP contribution in [-0.4, -0.2) is 65.5 Å². The van der Waals surface area contributed by atoms with Crippen LogP contribution in [0.4, 0.5) is 23.2 Å². The molecule has 6 nitrogen and oxygen atoms in total. The largest absolute Gasteiger partial charge is 0.508 e. The van der Waals surface area contributed by atoms with Crippen molar-refractivity contribution in [1.82, 2.24) is 14.9 Å². The van der Waals surface area contributed by atoms with Crippen LogP contribution in [0.2, 0.25) is 0 Å². The fourth-order valence-corrected chi connectivity index (χ4v) is 6.13. The van der Waals surface area contributed by atoms with E-state index in [0.717, 1.165) is 25.5 Å². The number of benzene rings is 3. The summed E-state index contributed by atoms with van der Waals surface area (Å²) in [5.74, 6) is -0.531. The minimum atomic E-state index is -0.985. The summed E-state index contributed by atoms with van der Waals surface area (Å²) >= 11 is 0. The van der Waals surface area contributed by atoms with E-state index in [1.165, 1.54) is 44.3 Å². The van der Waals surface area contributed by atoms with Crippen molar-refractivity contribution in [2.75, 3.05) is 38.2 Å². The predicted molar refractivity (Wildman–Crippen MR) is 149 cm³/mol. The Bertz CT molecular complexity index is 1690. The number of ether oxygens (including phenoxy) is 1. The molecule has 0 bridgehead atoms. The molecule has 4 aromatic rings. The summed E-state index contributed by atoms with van der Waals surface area (Å²) in [6.45, 7) is 3.01.